The van der Waals surface area contributed by atoms with Crippen molar-refractivity contribution in [2.75, 3.05) is 20.1 Å². The molecule has 1 atom stereocenters. The third-order valence-corrected chi connectivity index (χ3v) is 3.77. The van der Waals surface area contributed by atoms with E-state index < -0.39 is 5.82 Å². The van der Waals surface area contributed by atoms with Gasteiger partial charge in [-0.1, -0.05) is 18.0 Å². The largest absolute Gasteiger partial charge is 0.350 e. The fourth-order valence-corrected chi connectivity index (χ4v) is 2.48. The van der Waals surface area contributed by atoms with E-state index in [1.165, 1.54) is 12.8 Å². The van der Waals surface area contributed by atoms with Gasteiger partial charge in [-0.25, -0.2) is 9.37 Å². The van der Waals surface area contributed by atoms with Crippen LogP contribution in [-0.2, 0) is 0 Å². The Kier molecular flexibility index (Phi) is 4.71. The Bertz CT molecular complexity index is 469. The van der Waals surface area contributed by atoms with E-state index in [1.54, 1.807) is 0 Å². The maximum Gasteiger partial charge on any atom is 0.254 e. The van der Waals surface area contributed by atoms with Crippen LogP contribution < -0.4 is 5.32 Å². The molecule has 1 N–H and O–H groups in total. The minimum Gasteiger partial charge on any atom is -0.350 e. The molecule has 1 saturated heterocycles. The third kappa shape index (κ3) is 3.64. The molecule has 0 saturated carbocycles. The lowest BCUT2D eigenvalue weighted by molar-refractivity contribution is 0.0928. The first-order chi connectivity index (χ1) is 9.08. The number of rotatable bonds is 3. The number of nitrogens with zero attached hydrogens (tertiary/aromatic N) is 2. The minimum absolute atomic E-state index is 0.0240. The second kappa shape index (κ2) is 6.30. The predicted octanol–water partition coefficient (Wildman–Crippen LogP) is 2.09. The number of likely N-dealkylation sites (N-methyl/N-ethyl adjacent to an activating group) is 1. The van der Waals surface area contributed by atoms with Crippen LogP contribution in [0.5, 0.6) is 0 Å². The van der Waals surface area contributed by atoms with Gasteiger partial charge in [-0.3, -0.25) is 4.79 Å². The second-order valence-electron chi connectivity index (χ2n) is 4.83. The van der Waals surface area contributed by atoms with Crippen LogP contribution in [0.4, 0.5) is 4.39 Å². The fourth-order valence-electron chi connectivity index (χ4n) is 2.29. The average Bonchev–Trinajstić information content (AvgIpc) is 2.40. The lowest BCUT2D eigenvalue weighted by atomic mass is 10.0. The zero-order chi connectivity index (χ0) is 13.8. The molecule has 0 aliphatic carbocycles. The van der Waals surface area contributed by atoms with Gasteiger partial charge < -0.3 is 10.2 Å². The molecule has 4 nitrogen and oxygen atoms in total. The lowest BCUT2D eigenvalue weighted by Gasteiger charge is -2.32. The molecule has 1 aromatic heterocycles. The first-order valence-corrected chi connectivity index (χ1v) is 6.75. The van der Waals surface area contributed by atoms with Gasteiger partial charge in [-0.15, -0.1) is 0 Å². The molecule has 1 aromatic rings. The van der Waals surface area contributed by atoms with Crippen molar-refractivity contribution < 1.29 is 9.18 Å². The first-order valence-electron chi connectivity index (χ1n) is 6.37. The Morgan fingerprint density at radius 1 is 1.63 bits per heavy atom. The smallest absolute Gasteiger partial charge is 0.254 e. The Hall–Kier alpha value is -1.20. The Morgan fingerprint density at radius 2 is 2.42 bits per heavy atom. The highest BCUT2D eigenvalue weighted by molar-refractivity contribution is 6.32. The zero-order valence-corrected chi connectivity index (χ0v) is 11.6. The van der Waals surface area contributed by atoms with Crippen molar-refractivity contribution in [3.63, 3.8) is 0 Å². The summed E-state index contributed by atoms with van der Waals surface area (Å²) in [5.41, 5.74) is 0.0835. The number of halogens is 2. The number of hydrogen-bond acceptors (Lipinski definition) is 3. The molecule has 1 unspecified atom stereocenters. The highest BCUT2D eigenvalue weighted by atomic mass is 35.5. The van der Waals surface area contributed by atoms with E-state index in [2.05, 4.69) is 15.2 Å². The molecule has 104 valence electrons. The van der Waals surface area contributed by atoms with Gasteiger partial charge in [0.15, 0.2) is 0 Å². The number of nitrogens with one attached hydrogen (secondary N) is 1. The van der Waals surface area contributed by atoms with E-state index in [9.17, 15) is 9.18 Å². The summed E-state index contributed by atoms with van der Waals surface area (Å²) in [7, 11) is 2.05. The minimum atomic E-state index is -0.565. The van der Waals surface area contributed by atoms with Crippen LogP contribution >= 0.6 is 11.6 Å². The molecule has 2 heterocycles. The van der Waals surface area contributed by atoms with Crippen LogP contribution in [0.3, 0.4) is 0 Å². The summed E-state index contributed by atoms with van der Waals surface area (Å²) in [5.74, 6) is -0.944. The van der Waals surface area contributed by atoms with E-state index in [4.69, 9.17) is 11.6 Å². The van der Waals surface area contributed by atoms with Gasteiger partial charge >= 0.3 is 0 Å². The highest BCUT2D eigenvalue weighted by Crippen LogP contribution is 2.16. The van der Waals surface area contributed by atoms with Crippen molar-refractivity contribution in [3.8, 4) is 0 Å². The maximum absolute atomic E-state index is 13.1. The summed E-state index contributed by atoms with van der Waals surface area (Å²) in [5, 5.41) is 2.82. The number of hydrogen-bond donors (Lipinski definition) is 1. The van der Waals surface area contributed by atoms with Crippen LogP contribution in [0.1, 0.15) is 29.6 Å². The molecular formula is C13H17ClFN3O. The van der Waals surface area contributed by atoms with Crippen LogP contribution in [0.2, 0.25) is 5.15 Å². The van der Waals surface area contributed by atoms with Gasteiger partial charge in [0.25, 0.3) is 5.91 Å². The molecule has 1 amide bonds. The van der Waals surface area contributed by atoms with Crippen LogP contribution in [0.25, 0.3) is 0 Å². The summed E-state index contributed by atoms with van der Waals surface area (Å²) in [6.45, 7) is 1.59. The first kappa shape index (κ1) is 14.2. The summed E-state index contributed by atoms with van der Waals surface area (Å²) >= 11 is 5.79. The number of piperidine rings is 1. The van der Waals surface area contributed by atoms with Gasteiger partial charge in [0.2, 0.25) is 0 Å². The third-order valence-electron chi connectivity index (χ3n) is 3.47. The van der Waals surface area contributed by atoms with Crippen molar-refractivity contribution in [2.24, 2.45) is 0 Å². The van der Waals surface area contributed by atoms with Crippen LogP contribution in [0.15, 0.2) is 12.3 Å². The van der Waals surface area contributed by atoms with Gasteiger partial charge in [0, 0.05) is 12.6 Å². The summed E-state index contributed by atoms with van der Waals surface area (Å²) in [6.07, 6.45) is 4.42. The highest BCUT2D eigenvalue weighted by Gasteiger charge is 2.20. The van der Waals surface area contributed by atoms with Crippen molar-refractivity contribution >= 4 is 17.5 Å². The van der Waals surface area contributed by atoms with Gasteiger partial charge in [-0.05, 0) is 32.5 Å². The summed E-state index contributed by atoms with van der Waals surface area (Å²) in [6, 6.07) is 1.44. The number of carbonyl (C=O) groups excluding carboxylic acids is 1. The SMILES string of the molecule is CN1CCCCC1CNC(=O)c1cc(F)cnc1Cl. The van der Waals surface area contributed by atoms with E-state index >= 15 is 0 Å². The number of pyridine rings is 1. The molecule has 0 aromatic carbocycles. The molecule has 2 rings (SSSR count). The number of aromatic nitrogens is 1. The molecule has 0 spiro atoms. The second-order valence-corrected chi connectivity index (χ2v) is 5.19. The van der Waals surface area contributed by atoms with E-state index in [-0.39, 0.29) is 16.6 Å². The average molecular weight is 286 g/mol. The normalized spacial score (nSPS) is 20.3. The van der Waals surface area contributed by atoms with Crippen molar-refractivity contribution in [1.29, 1.82) is 0 Å². The zero-order valence-electron chi connectivity index (χ0n) is 10.8. The van der Waals surface area contributed by atoms with E-state index in [0.717, 1.165) is 25.2 Å². The van der Waals surface area contributed by atoms with Gasteiger partial charge in [0.1, 0.15) is 11.0 Å². The van der Waals surface area contributed by atoms with Crippen LogP contribution in [-0.4, -0.2) is 42.0 Å². The van der Waals surface area contributed by atoms with E-state index in [0.29, 0.717) is 12.6 Å². The quantitative estimate of drug-likeness (QED) is 0.865. The van der Waals surface area contributed by atoms with Gasteiger partial charge in [0.05, 0.1) is 11.8 Å². The predicted molar refractivity (Wildman–Crippen MR) is 71.8 cm³/mol. The number of likely N-dealkylation sites (tertiary alicyclic amines) is 1. The monoisotopic (exact) mass is 285 g/mol. The summed E-state index contributed by atoms with van der Waals surface area (Å²) < 4.78 is 13.1. The molecule has 0 radical (unpaired) electrons. The van der Waals surface area contributed by atoms with Crippen molar-refractivity contribution in [2.45, 2.75) is 25.3 Å². The Morgan fingerprint density at radius 3 is 3.16 bits per heavy atom. The molecular weight excluding hydrogens is 269 g/mol. The Labute approximate surface area is 117 Å². The van der Waals surface area contributed by atoms with Gasteiger partial charge in [-0.2, -0.15) is 0 Å². The number of carbonyl (C=O) groups is 1. The lowest BCUT2D eigenvalue weighted by Crippen LogP contribution is -2.44. The maximum atomic E-state index is 13.1. The molecule has 1 fully saturated rings. The summed E-state index contributed by atoms with van der Waals surface area (Å²) in [4.78, 5) is 17.8. The fraction of sp³-hybridized carbons (Fsp3) is 0.538. The topological polar surface area (TPSA) is 45.2 Å². The molecule has 1 aliphatic rings. The van der Waals surface area contributed by atoms with Crippen molar-refractivity contribution in [3.05, 3.63) is 28.8 Å². The van der Waals surface area contributed by atoms with E-state index in [1.807, 2.05) is 7.05 Å². The molecule has 19 heavy (non-hydrogen) atoms. The molecule has 1 aliphatic heterocycles. The molecule has 0 bridgehead atoms. The van der Waals surface area contributed by atoms with Crippen molar-refractivity contribution in [1.82, 2.24) is 15.2 Å². The Balaban J connectivity index is 1.95. The molecule has 6 heteroatoms. The standard InChI is InChI=1S/C13H17ClFN3O/c1-18-5-3-2-4-10(18)8-17-13(19)11-6-9(15)7-16-12(11)14/h6-7,10H,2-5,8H2,1H3,(H,17,19). The number of amides is 1. The van der Waals surface area contributed by atoms with Crippen LogP contribution in [0, 0.1) is 5.82 Å².